The molecule has 1 saturated heterocycles. The highest BCUT2D eigenvalue weighted by Crippen LogP contribution is 2.28. The molecule has 1 fully saturated rings. The van der Waals surface area contributed by atoms with Crippen molar-refractivity contribution in [1.29, 1.82) is 0 Å². The van der Waals surface area contributed by atoms with Crippen molar-refractivity contribution in [3.8, 4) is 11.4 Å². The number of hydrogen-bond acceptors (Lipinski definition) is 5. The molecule has 2 aromatic carbocycles. The van der Waals surface area contributed by atoms with Gasteiger partial charge in [-0.2, -0.15) is 4.98 Å². The normalized spacial score (nSPS) is 17.2. The Morgan fingerprint density at radius 1 is 1.30 bits per heavy atom. The maximum Gasteiger partial charge on any atom is 0.249 e. The minimum Gasteiger partial charge on any atom is -0.344 e. The van der Waals surface area contributed by atoms with Crippen molar-refractivity contribution in [2.45, 2.75) is 19.4 Å². The summed E-state index contributed by atoms with van der Waals surface area (Å²) in [6.07, 6.45) is 0.135. The number of amides is 2. The maximum atomic E-state index is 13.1. The van der Waals surface area contributed by atoms with Crippen LogP contribution in [0.5, 0.6) is 0 Å². The van der Waals surface area contributed by atoms with Gasteiger partial charge in [0.2, 0.25) is 23.5 Å². The predicted molar refractivity (Wildman–Crippen MR) is 111 cm³/mol. The molecule has 1 aliphatic rings. The van der Waals surface area contributed by atoms with Gasteiger partial charge in [-0.05, 0) is 49.4 Å². The largest absolute Gasteiger partial charge is 0.344 e. The fourth-order valence-electron chi connectivity index (χ4n) is 3.30. The summed E-state index contributed by atoms with van der Waals surface area (Å²) in [7, 11) is 0. The summed E-state index contributed by atoms with van der Waals surface area (Å²) in [5.41, 5.74) is 1.36. The molecule has 154 valence electrons. The first kappa shape index (κ1) is 20.2. The molecule has 2 heterocycles. The molecule has 1 aromatic heterocycles. The third kappa shape index (κ3) is 4.25. The lowest BCUT2D eigenvalue weighted by atomic mass is 10.1. The van der Waals surface area contributed by atoms with E-state index >= 15 is 0 Å². The summed E-state index contributed by atoms with van der Waals surface area (Å²) < 4.78 is 19.2. The molecule has 0 saturated carbocycles. The lowest BCUT2D eigenvalue weighted by Crippen LogP contribution is -2.34. The van der Waals surface area contributed by atoms with Crippen LogP contribution in [0.2, 0.25) is 0 Å². The Hall–Kier alpha value is -3.07. The van der Waals surface area contributed by atoms with E-state index in [0.717, 1.165) is 10.2 Å². The van der Waals surface area contributed by atoms with Crippen LogP contribution in [0, 0.1) is 11.7 Å². The smallest absolute Gasteiger partial charge is 0.249 e. The lowest BCUT2D eigenvalue weighted by Gasteiger charge is -2.17. The third-order valence-corrected chi connectivity index (χ3v) is 5.38. The van der Waals surface area contributed by atoms with Gasteiger partial charge in [-0.15, -0.1) is 0 Å². The van der Waals surface area contributed by atoms with Crippen molar-refractivity contribution in [3.63, 3.8) is 0 Å². The molecule has 1 aliphatic heterocycles. The average molecular weight is 473 g/mol. The number of hydrogen-bond donors (Lipinski definition) is 1. The Labute approximate surface area is 180 Å². The number of halogens is 2. The first-order valence-electron chi connectivity index (χ1n) is 9.36. The van der Waals surface area contributed by atoms with E-state index in [1.54, 1.807) is 24.0 Å². The Kier molecular flexibility index (Phi) is 5.63. The van der Waals surface area contributed by atoms with Gasteiger partial charge in [-0.25, -0.2) is 4.39 Å². The number of benzene rings is 2. The van der Waals surface area contributed by atoms with Crippen LogP contribution < -0.4 is 10.2 Å². The monoisotopic (exact) mass is 472 g/mol. The van der Waals surface area contributed by atoms with Gasteiger partial charge in [0.25, 0.3) is 0 Å². The number of rotatable bonds is 5. The van der Waals surface area contributed by atoms with E-state index in [4.69, 9.17) is 4.52 Å². The number of anilines is 1. The molecule has 1 N–H and O–H groups in total. The Morgan fingerprint density at radius 2 is 2.07 bits per heavy atom. The fourth-order valence-corrected chi connectivity index (χ4v) is 3.68. The molecule has 2 amide bonds. The van der Waals surface area contributed by atoms with Crippen LogP contribution in [0.25, 0.3) is 11.4 Å². The summed E-state index contributed by atoms with van der Waals surface area (Å²) >= 11 is 3.40. The predicted octanol–water partition coefficient (Wildman–Crippen LogP) is 3.87. The lowest BCUT2D eigenvalue weighted by molar-refractivity contribution is -0.127. The van der Waals surface area contributed by atoms with E-state index in [1.165, 1.54) is 12.1 Å². The van der Waals surface area contributed by atoms with Crippen LogP contribution in [0.15, 0.2) is 57.5 Å². The standard InChI is InChI=1S/C21H18BrFN4O3/c1-12(21-25-19(26-30-21)13-5-7-16(23)8-6-13)24-20(29)14-9-18(28)27(11-14)17-4-2-3-15(22)10-17/h2-8,10,12,14H,9,11H2,1H3,(H,24,29). The number of carbonyl (C=O) groups excluding carboxylic acids is 2. The summed E-state index contributed by atoms with van der Waals surface area (Å²) in [6, 6.07) is 12.6. The SMILES string of the molecule is CC(NC(=O)C1CC(=O)N(c2cccc(Br)c2)C1)c1nc(-c2ccc(F)cc2)no1. The van der Waals surface area contributed by atoms with E-state index in [0.29, 0.717) is 17.9 Å². The molecule has 3 aromatic rings. The fraction of sp³-hybridized carbons (Fsp3) is 0.238. The van der Waals surface area contributed by atoms with Crippen molar-refractivity contribution >= 4 is 33.4 Å². The number of carbonyl (C=O) groups is 2. The second kappa shape index (κ2) is 8.35. The van der Waals surface area contributed by atoms with Gasteiger partial charge in [0.1, 0.15) is 11.9 Å². The molecular formula is C21H18BrFN4O3. The zero-order valence-corrected chi connectivity index (χ0v) is 17.6. The summed E-state index contributed by atoms with van der Waals surface area (Å²) in [4.78, 5) is 31.0. The van der Waals surface area contributed by atoms with Crippen LogP contribution in [-0.2, 0) is 9.59 Å². The number of nitrogens with one attached hydrogen (secondary N) is 1. The van der Waals surface area contributed by atoms with E-state index in [2.05, 4.69) is 31.4 Å². The Balaban J connectivity index is 1.40. The van der Waals surface area contributed by atoms with Gasteiger partial charge >= 0.3 is 0 Å². The van der Waals surface area contributed by atoms with Crippen LogP contribution in [0.1, 0.15) is 25.3 Å². The van der Waals surface area contributed by atoms with Crippen LogP contribution >= 0.6 is 15.9 Å². The first-order valence-corrected chi connectivity index (χ1v) is 10.2. The maximum absolute atomic E-state index is 13.1. The first-order chi connectivity index (χ1) is 14.4. The molecule has 0 aliphatic carbocycles. The molecule has 2 atom stereocenters. The quantitative estimate of drug-likeness (QED) is 0.608. The third-order valence-electron chi connectivity index (χ3n) is 4.89. The minimum absolute atomic E-state index is 0.0997. The molecule has 4 rings (SSSR count). The molecule has 30 heavy (non-hydrogen) atoms. The minimum atomic E-state index is -0.533. The van der Waals surface area contributed by atoms with Gasteiger partial charge in [-0.1, -0.05) is 27.2 Å². The van der Waals surface area contributed by atoms with Crippen LogP contribution in [-0.4, -0.2) is 28.5 Å². The summed E-state index contributed by atoms with van der Waals surface area (Å²) in [5.74, 6) is -0.643. The molecule has 9 heteroatoms. The zero-order chi connectivity index (χ0) is 21.3. The van der Waals surface area contributed by atoms with Crippen molar-refractivity contribution in [2.24, 2.45) is 5.92 Å². The highest BCUT2D eigenvalue weighted by molar-refractivity contribution is 9.10. The zero-order valence-electron chi connectivity index (χ0n) is 16.0. The number of nitrogens with zero attached hydrogens (tertiary/aromatic N) is 3. The molecule has 2 unspecified atom stereocenters. The highest BCUT2D eigenvalue weighted by atomic mass is 79.9. The van der Waals surface area contributed by atoms with E-state index in [9.17, 15) is 14.0 Å². The molecule has 0 bridgehead atoms. The Bertz CT molecular complexity index is 1090. The van der Waals surface area contributed by atoms with Crippen molar-refractivity contribution in [2.75, 3.05) is 11.4 Å². The highest BCUT2D eigenvalue weighted by Gasteiger charge is 2.36. The van der Waals surface area contributed by atoms with E-state index in [1.807, 2.05) is 24.3 Å². The van der Waals surface area contributed by atoms with E-state index in [-0.39, 0.29) is 29.9 Å². The van der Waals surface area contributed by atoms with Crippen LogP contribution in [0.4, 0.5) is 10.1 Å². The van der Waals surface area contributed by atoms with Gasteiger partial charge in [0, 0.05) is 28.7 Å². The van der Waals surface area contributed by atoms with Crippen molar-refractivity contribution in [1.82, 2.24) is 15.5 Å². The molecule has 0 radical (unpaired) electrons. The van der Waals surface area contributed by atoms with Crippen LogP contribution in [0.3, 0.4) is 0 Å². The topological polar surface area (TPSA) is 88.3 Å². The number of aromatic nitrogens is 2. The van der Waals surface area contributed by atoms with Gasteiger partial charge in [0.05, 0.1) is 5.92 Å². The molecule has 0 spiro atoms. The van der Waals surface area contributed by atoms with Gasteiger partial charge in [-0.3, -0.25) is 9.59 Å². The van der Waals surface area contributed by atoms with E-state index < -0.39 is 12.0 Å². The molecular weight excluding hydrogens is 455 g/mol. The van der Waals surface area contributed by atoms with Gasteiger partial charge < -0.3 is 14.7 Å². The summed E-state index contributed by atoms with van der Waals surface area (Å²) in [6.45, 7) is 2.03. The van der Waals surface area contributed by atoms with Crippen molar-refractivity contribution in [3.05, 3.63) is 64.7 Å². The van der Waals surface area contributed by atoms with Crippen molar-refractivity contribution < 1.29 is 18.5 Å². The van der Waals surface area contributed by atoms with Gasteiger partial charge in [0.15, 0.2) is 0 Å². The second-order valence-corrected chi connectivity index (χ2v) is 7.99. The Morgan fingerprint density at radius 3 is 2.80 bits per heavy atom. The second-order valence-electron chi connectivity index (χ2n) is 7.08. The average Bonchev–Trinajstić information content (AvgIpc) is 3.36. The molecule has 7 nitrogen and oxygen atoms in total. The summed E-state index contributed by atoms with van der Waals surface area (Å²) in [5, 5.41) is 6.72.